The van der Waals surface area contributed by atoms with E-state index in [4.69, 9.17) is 0 Å². The SMILES string of the molecule is Brc1ccc(N(c2ccc(Br)cc2)c2ccc(-c3ccc(-c4cccc5ccccc45)cc3)c(-c3ccccc3)c2)cc1. The summed E-state index contributed by atoms with van der Waals surface area (Å²) in [5.41, 5.74) is 10.5. The number of hydrogen-bond donors (Lipinski definition) is 0. The van der Waals surface area contributed by atoms with Gasteiger partial charge < -0.3 is 4.90 Å². The van der Waals surface area contributed by atoms with E-state index in [2.05, 4.69) is 201 Å². The smallest absolute Gasteiger partial charge is 0.0468 e. The lowest BCUT2D eigenvalue weighted by molar-refractivity contribution is 1.28. The Kier molecular flexibility index (Phi) is 7.67. The van der Waals surface area contributed by atoms with Crippen LogP contribution in [0.4, 0.5) is 17.1 Å². The summed E-state index contributed by atoms with van der Waals surface area (Å²) < 4.78 is 2.11. The van der Waals surface area contributed by atoms with Crippen molar-refractivity contribution in [3.05, 3.63) is 173 Å². The second kappa shape index (κ2) is 12.0. The quantitative estimate of drug-likeness (QED) is 0.169. The van der Waals surface area contributed by atoms with Crippen molar-refractivity contribution in [2.24, 2.45) is 0 Å². The minimum absolute atomic E-state index is 1.05. The van der Waals surface area contributed by atoms with E-state index in [9.17, 15) is 0 Å². The molecule has 0 N–H and O–H groups in total. The lowest BCUT2D eigenvalue weighted by atomic mass is 9.92. The Morgan fingerprint density at radius 2 is 0.860 bits per heavy atom. The van der Waals surface area contributed by atoms with Crippen LogP contribution in [0, 0.1) is 0 Å². The van der Waals surface area contributed by atoms with Gasteiger partial charge >= 0.3 is 0 Å². The van der Waals surface area contributed by atoms with Crippen LogP contribution in [-0.4, -0.2) is 0 Å². The molecule has 0 saturated heterocycles. The van der Waals surface area contributed by atoms with E-state index in [1.165, 1.54) is 44.2 Å². The number of benzene rings is 7. The first kappa shape index (κ1) is 27.4. The van der Waals surface area contributed by atoms with Crippen LogP contribution >= 0.6 is 31.9 Å². The third-order valence-electron chi connectivity index (χ3n) is 7.81. The number of anilines is 3. The molecule has 0 aliphatic rings. The van der Waals surface area contributed by atoms with E-state index in [1.54, 1.807) is 0 Å². The monoisotopic (exact) mass is 679 g/mol. The van der Waals surface area contributed by atoms with Gasteiger partial charge in [-0.25, -0.2) is 0 Å². The van der Waals surface area contributed by atoms with Gasteiger partial charge in [-0.3, -0.25) is 0 Å². The van der Waals surface area contributed by atoms with Crippen LogP contribution in [0.25, 0.3) is 44.2 Å². The highest BCUT2D eigenvalue weighted by Crippen LogP contribution is 2.41. The average molecular weight is 681 g/mol. The van der Waals surface area contributed by atoms with E-state index in [-0.39, 0.29) is 0 Å². The minimum Gasteiger partial charge on any atom is -0.310 e. The summed E-state index contributed by atoms with van der Waals surface area (Å²) in [6, 6.07) is 58.5. The van der Waals surface area contributed by atoms with E-state index < -0.39 is 0 Å². The molecule has 1 nitrogen and oxygen atoms in total. The first-order valence-electron chi connectivity index (χ1n) is 14.2. The summed E-state index contributed by atoms with van der Waals surface area (Å²) in [5.74, 6) is 0. The molecule has 206 valence electrons. The Bertz CT molecular complexity index is 1960. The fourth-order valence-corrected chi connectivity index (χ4v) is 6.24. The van der Waals surface area contributed by atoms with Crippen molar-refractivity contribution >= 4 is 59.7 Å². The number of hydrogen-bond acceptors (Lipinski definition) is 1. The Morgan fingerprint density at radius 3 is 1.51 bits per heavy atom. The second-order valence-electron chi connectivity index (χ2n) is 10.5. The first-order chi connectivity index (χ1) is 21.1. The molecular formula is C40H27Br2N. The highest BCUT2D eigenvalue weighted by Gasteiger charge is 2.16. The summed E-state index contributed by atoms with van der Waals surface area (Å²) >= 11 is 7.20. The molecule has 0 unspecified atom stereocenters. The third kappa shape index (κ3) is 5.67. The molecule has 0 aliphatic heterocycles. The maximum Gasteiger partial charge on any atom is 0.0468 e. The highest BCUT2D eigenvalue weighted by atomic mass is 79.9. The highest BCUT2D eigenvalue weighted by molar-refractivity contribution is 9.10. The summed E-state index contributed by atoms with van der Waals surface area (Å²) in [5, 5.41) is 2.53. The van der Waals surface area contributed by atoms with Crippen LogP contribution in [0.3, 0.4) is 0 Å². The molecule has 0 amide bonds. The molecule has 0 aromatic heterocycles. The standard InChI is InChI=1S/C40H27Br2N/c41-32-17-21-34(22-18-32)43(35-23-19-33(42)20-24-35)36-25-26-39(40(27-36)29-7-2-1-3-8-29)31-15-13-30(14-16-31)38-12-6-10-28-9-4-5-11-37(28)38/h1-27H. The number of nitrogens with zero attached hydrogens (tertiary/aromatic N) is 1. The zero-order valence-corrected chi connectivity index (χ0v) is 26.5. The largest absolute Gasteiger partial charge is 0.310 e. The van der Waals surface area contributed by atoms with E-state index in [0.29, 0.717) is 0 Å². The van der Waals surface area contributed by atoms with Gasteiger partial charge in [-0.1, -0.05) is 135 Å². The van der Waals surface area contributed by atoms with Crippen LogP contribution in [0.15, 0.2) is 173 Å². The minimum atomic E-state index is 1.05. The van der Waals surface area contributed by atoms with Gasteiger partial charge in [0, 0.05) is 26.0 Å². The molecule has 7 aromatic carbocycles. The van der Waals surface area contributed by atoms with Gasteiger partial charge in [0.1, 0.15) is 0 Å². The van der Waals surface area contributed by atoms with Crippen molar-refractivity contribution in [3.63, 3.8) is 0 Å². The second-order valence-corrected chi connectivity index (χ2v) is 12.3. The Hall–Kier alpha value is -4.44. The fraction of sp³-hybridized carbons (Fsp3) is 0. The van der Waals surface area contributed by atoms with Crippen molar-refractivity contribution in [2.45, 2.75) is 0 Å². The van der Waals surface area contributed by atoms with E-state index >= 15 is 0 Å². The molecule has 0 spiro atoms. The van der Waals surface area contributed by atoms with Gasteiger partial charge in [-0.05, 0) is 105 Å². The Balaban J connectivity index is 1.35. The molecule has 0 aliphatic carbocycles. The average Bonchev–Trinajstić information content (AvgIpc) is 3.07. The number of rotatable bonds is 6. The molecule has 0 heterocycles. The van der Waals surface area contributed by atoms with Gasteiger partial charge in [0.15, 0.2) is 0 Å². The number of halogens is 2. The van der Waals surface area contributed by atoms with Crippen LogP contribution in [0.2, 0.25) is 0 Å². The van der Waals surface area contributed by atoms with Crippen molar-refractivity contribution in [2.75, 3.05) is 4.90 Å². The summed E-state index contributed by atoms with van der Waals surface area (Å²) in [4.78, 5) is 2.30. The molecule has 0 bridgehead atoms. The van der Waals surface area contributed by atoms with Crippen LogP contribution < -0.4 is 4.90 Å². The first-order valence-corrected chi connectivity index (χ1v) is 15.8. The zero-order valence-electron chi connectivity index (χ0n) is 23.3. The Labute approximate surface area is 269 Å². The fourth-order valence-electron chi connectivity index (χ4n) is 5.71. The summed E-state index contributed by atoms with van der Waals surface area (Å²) in [6.07, 6.45) is 0. The maximum absolute atomic E-state index is 3.60. The predicted molar refractivity (Wildman–Crippen MR) is 190 cm³/mol. The molecule has 0 atom stereocenters. The van der Waals surface area contributed by atoms with E-state index in [1.807, 2.05) is 0 Å². The van der Waals surface area contributed by atoms with Crippen molar-refractivity contribution in [3.8, 4) is 33.4 Å². The van der Waals surface area contributed by atoms with Crippen LogP contribution in [0.1, 0.15) is 0 Å². The lowest BCUT2D eigenvalue weighted by Crippen LogP contribution is -2.10. The van der Waals surface area contributed by atoms with Crippen molar-refractivity contribution < 1.29 is 0 Å². The van der Waals surface area contributed by atoms with Gasteiger partial charge in [0.05, 0.1) is 0 Å². The van der Waals surface area contributed by atoms with E-state index in [0.717, 1.165) is 26.0 Å². The predicted octanol–water partition coefficient (Wildman–Crippen LogP) is 12.8. The molecule has 0 fully saturated rings. The maximum atomic E-state index is 3.60. The summed E-state index contributed by atoms with van der Waals surface area (Å²) in [7, 11) is 0. The normalized spacial score (nSPS) is 11.0. The lowest BCUT2D eigenvalue weighted by Gasteiger charge is -2.27. The van der Waals surface area contributed by atoms with Gasteiger partial charge in [-0.2, -0.15) is 0 Å². The molecule has 0 saturated carbocycles. The van der Waals surface area contributed by atoms with Crippen LogP contribution in [0.5, 0.6) is 0 Å². The third-order valence-corrected chi connectivity index (χ3v) is 8.87. The van der Waals surface area contributed by atoms with Gasteiger partial charge in [0.25, 0.3) is 0 Å². The van der Waals surface area contributed by atoms with Gasteiger partial charge in [-0.15, -0.1) is 0 Å². The van der Waals surface area contributed by atoms with Gasteiger partial charge in [0.2, 0.25) is 0 Å². The molecule has 7 aromatic rings. The Morgan fingerprint density at radius 1 is 0.349 bits per heavy atom. The molecule has 0 radical (unpaired) electrons. The molecular weight excluding hydrogens is 654 g/mol. The summed E-state index contributed by atoms with van der Waals surface area (Å²) in [6.45, 7) is 0. The topological polar surface area (TPSA) is 3.24 Å². The van der Waals surface area contributed by atoms with Crippen molar-refractivity contribution in [1.29, 1.82) is 0 Å². The van der Waals surface area contributed by atoms with Crippen LogP contribution in [-0.2, 0) is 0 Å². The molecule has 43 heavy (non-hydrogen) atoms. The van der Waals surface area contributed by atoms with Crippen molar-refractivity contribution in [1.82, 2.24) is 0 Å². The molecule has 3 heteroatoms. The number of fused-ring (bicyclic) bond motifs is 1. The molecule has 7 rings (SSSR count). The zero-order chi connectivity index (χ0) is 29.2.